The summed E-state index contributed by atoms with van der Waals surface area (Å²) in [4.78, 5) is 12.6. The average Bonchev–Trinajstić information content (AvgIpc) is 2.54. The summed E-state index contributed by atoms with van der Waals surface area (Å²) in [5, 5.41) is 15.4. The summed E-state index contributed by atoms with van der Waals surface area (Å²) in [6, 6.07) is 7.61. The van der Waals surface area contributed by atoms with Gasteiger partial charge in [0, 0.05) is 13.7 Å². The summed E-state index contributed by atoms with van der Waals surface area (Å²) in [5.74, 6) is 0.0558. The van der Waals surface area contributed by atoms with Gasteiger partial charge in [0.2, 0.25) is 5.91 Å². The van der Waals surface area contributed by atoms with Crippen molar-refractivity contribution >= 4 is 18.3 Å². The number of aliphatic hydroxyl groups excluding tert-OH is 1. The number of nitrogens with one attached hydrogen (secondary N) is 2. The van der Waals surface area contributed by atoms with Gasteiger partial charge in [-0.1, -0.05) is 24.3 Å². The second kappa shape index (κ2) is 9.10. The van der Waals surface area contributed by atoms with E-state index in [1.807, 2.05) is 24.3 Å². The topological polar surface area (TPSA) is 70.6 Å². The molecule has 0 aliphatic carbocycles. The Morgan fingerprint density at radius 3 is 2.68 bits per heavy atom. The molecule has 1 aromatic rings. The smallest absolute Gasteiger partial charge is 0.228 e. The lowest BCUT2D eigenvalue weighted by atomic mass is 9.78. The number of aliphatic hydroxyl groups is 1. The van der Waals surface area contributed by atoms with Gasteiger partial charge in [0.25, 0.3) is 0 Å². The monoisotopic (exact) mass is 328 g/mol. The third kappa shape index (κ3) is 4.68. The van der Waals surface area contributed by atoms with E-state index in [0.29, 0.717) is 13.2 Å². The first-order valence-electron chi connectivity index (χ1n) is 7.37. The lowest BCUT2D eigenvalue weighted by molar-refractivity contribution is -0.136. The van der Waals surface area contributed by atoms with Crippen molar-refractivity contribution in [3.8, 4) is 0 Å². The first kappa shape index (κ1) is 18.9. The molecule has 6 heteroatoms. The zero-order chi connectivity index (χ0) is 15.1. The molecule has 1 amide bonds. The number of carbonyl (C=O) groups is 1. The molecule has 1 saturated heterocycles. The van der Waals surface area contributed by atoms with Crippen LogP contribution < -0.4 is 10.6 Å². The molecular weight excluding hydrogens is 304 g/mol. The number of carbonyl (C=O) groups excluding carboxylic acids is 1. The highest BCUT2D eigenvalue weighted by Gasteiger charge is 2.39. The number of amides is 1. The van der Waals surface area contributed by atoms with Crippen LogP contribution in [-0.2, 0) is 22.7 Å². The van der Waals surface area contributed by atoms with Gasteiger partial charge in [-0.05, 0) is 37.1 Å². The summed E-state index contributed by atoms with van der Waals surface area (Å²) < 4.78 is 5.27. The Morgan fingerprint density at radius 1 is 1.36 bits per heavy atom. The fourth-order valence-electron chi connectivity index (χ4n) is 2.83. The maximum absolute atomic E-state index is 12.6. The third-order valence-corrected chi connectivity index (χ3v) is 4.09. The van der Waals surface area contributed by atoms with E-state index in [1.165, 1.54) is 0 Å². The summed E-state index contributed by atoms with van der Waals surface area (Å²) in [5.41, 5.74) is 1.43. The molecule has 0 atom stereocenters. The largest absolute Gasteiger partial charge is 0.392 e. The number of piperidine rings is 1. The van der Waals surface area contributed by atoms with Crippen molar-refractivity contribution in [2.75, 3.05) is 26.8 Å². The van der Waals surface area contributed by atoms with Crippen LogP contribution in [0.15, 0.2) is 24.3 Å². The summed E-state index contributed by atoms with van der Waals surface area (Å²) in [6.07, 6.45) is 1.59. The van der Waals surface area contributed by atoms with Gasteiger partial charge >= 0.3 is 0 Å². The fraction of sp³-hybridized carbons (Fsp3) is 0.562. The van der Waals surface area contributed by atoms with Crippen LogP contribution in [0.4, 0.5) is 0 Å². The van der Waals surface area contributed by atoms with Gasteiger partial charge < -0.3 is 20.5 Å². The molecule has 3 N–H and O–H groups in total. The second-order valence-electron chi connectivity index (χ2n) is 5.62. The Labute approximate surface area is 137 Å². The van der Waals surface area contributed by atoms with Crippen molar-refractivity contribution in [2.24, 2.45) is 5.41 Å². The number of hydrogen-bond acceptors (Lipinski definition) is 4. The molecule has 0 aromatic heterocycles. The van der Waals surface area contributed by atoms with E-state index >= 15 is 0 Å². The maximum Gasteiger partial charge on any atom is 0.228 e. The predicted molar refractivity (Wildman–Crippen MR) is 87.9 cm³/mol. The van der Waals surface area contributed by atoms with Crippen LogP contribution in [0.3, 0.4) is 0 Å². The van der Waals surface area contributed by atoms with Gasteiger partial charge in [-0.2, -0.15) is 0 Å². The molecule has 124 valence electrons. The molecular formula is C16H25ClN2O3. The molecule has 0 bridgehead atoms. The van der Waals surface area contributed by atoms with Crippen molar-refractivity contribution in [3.05, 3.63) is 35.4 Å². The number of halogens is 1. The number of benzene rings is 1. The van der Waals surface area contributed by atoms with E-state index in [2.05, 4.69) is 10.6 Å². The number of methoxy groups -OCH3 is 1. The summed E-state index contributed by atoms with van der Waals surface area (Å²) in [7, 11) is 1.64. The van der Waals surface area contributed by atoms with Crippen molar-refractivity contribution < 1.29 is 14.6 Å². The minimum Gasteiger partial charge on any atom is -0.392 e. The molecule has 5 nitrogen and oxygen atoms in total. The Hall–Kier alpha value is -1.14. The van der Waals surface area contributed by atoms with E-state index in [9.17, 15) is 4.79 Å². The molecule has 1 aliphatic rings. The van der Waals surface area contributed by atoms with E-state index in [1.54, 1.807) is 7.11 Å². The SMILES string of the molecule is COCC1(C(=O)NCc2cccc(CO)c2)CCNCC1.Cl. The Balaban J connectivity index is 0.00000242. The van der Waals surface area contributed by atoms with Crippen LogP contribution in [0.5, 0.6) is 0 Å². The first-order chi connectivity index (χ1) is 10.2. The summed E-state index contributed by atoms with van der Waals surface area (Å²) in [6.45, 7) is 2.64. The quantitative estimate of drug-likeness (QED) is 0.734. The highest BCUT2D eigenvalue weighted by Crippen LogP contribution is 2.29. The van der Waals surface area contributed by atoms with Crippen molar-refractivity contribution in [2.45, 2.75) is 26.0 Å². The minimum atomic E-state index is -0.422. The van der Waals surface area contributed by atoms with Crippen LogP contribution in [-0.4, -0.2) is 37.8 Å². The van der Waals surface area contributed by atoms with Crippen molar-refractivity contribution in [3.63, 3.8) is 0 Å². The molecule has 1 heterocycles. The average molecular weight is 329 g/mol. The van der Waals surface area contributed by atoms with Crippen LogP contribution in [0.25, 0.3) is 0 Å². The number of hydrogen-bond donors (Lipinski definition) is 3. The predicted octanol–water partition coefficient (Wildman–Crippen LogP) is 1.23. The van der Waals surface area contributed by atoms with Crippen LogP contribution in [0, 0.1) is 5.41 Å². The van der Waals surface area contributed by atoms with Gasteiger partial charge in [0.15, 0.2) is 0 Å². The van der Waals surface area contributed by atoms with Crippen molar-refractivity contribution in [1.29, 1.82) is 0 Å². The molecule has 0 saturated carbocycles. The molecule has 0 radical (unpaired) electrons. The molecule has 22 heavy (non-hydrogen) atoms. The van der Waals surface area contributed by atoms with Crippen LogP contribution >= 0.6 is 12.4 Å². The first-order valence-corrected chi connectivity index (χ1v) is 7.37. The van der Waals surface area contributed by atoms with Gasteiger partial charge in [0.1, 0.15) is 0 Å². The highest BCUT2D eigenvalue weighted by molar-refractivity contribution is 5.85. The molecule has 0 unspecified atom stereocenters. The second-order valence-corrected chi connectivity index (χ2v) is 5.62. The van der Waals surface area contributed by atoms with E-state index < -0.39 is 5.41 Å². The Morgan fingerprint density at radius 2 is 2.05 bits per heavy atom. The zero-order valence-corrected chi connectivity index (χ0v) is 13.7. The Kier molecular flexibility index (Phi) is 7.82. The summed E-state index contributed by atoms with van der Waals surface area (Å²) >= 11 is 0. The van der Waals surface area contributed by atoms with Crippen molar-refractivity contribution in [1.82, 2.24) is 10.6 Å². The molecule has 1 aliphatic heterocycles. The normalized spacial score (nSPS) is 16.6. The van der Waals surface area contributed by atoms with E-state index in [0.717, 1.165) is 37.1 Å². The van der Waals surface area contributed by atoms with Gasteiger partial charge in [-0.25, -0.2) is 0 Å². The lowest BCUT2D eigenvalue weighted by Gasteiger charge is -2.35. The highest BCUT2D eigenvalue weighted by atomic mass is 35.5. The minimum absolute atomic E-state index is 0. The van der Waals surface area contributed by atoms with Gasteiger partial charge in [-0.3, -0.25) is 4.79 Å². The number of rotatable bonds is 6. The van der Waals surface area contributed by atoms with E-state index in [-0.39, 0.29) is 24.9 Å². The maximum atomic E-state index is 12.6. The lowest BCUT2D eigenvalue weighted by Crippen LogP contribution is -2.49. The van der Waals surface area contributed by atoms with Gasteiger partial charge in [0.05, 0.1) is 18.6 Å². The van der Waals surface area contributed by atoms with Gasteiger partial charge in [-0.15, -0.1) is 12.4 Å². The molecule has 2 rings (SSSR count). The van der Waals surface area contributed by atoms with Crippen LogP contribution in [0.2, 0.25) is 0 Å². The molecule has 1 aromatic carbocycles. The fourth-order valence-corrected chi connectivity index (χ4v) is 2.83. The van der Waals surface area contributed by atoms with Crippen LogP contribution in [0.1, 0.15) is 24.0 Å². The molecule has 0 spiro atoms. The third-order valence-electron chi connectivity index (χ3n) is 4.09. The molecule has 1 fully saturated rings. The number of ether oxygens (including phenoxy) is 1. The van der Waals surface area contributed by atoms with E-state index in [4.69, 9.17) is 9.84 Å². The Bertz CT molecular complexity index is 471. The zero-order valence-electron chi connectivity index (χ0n) is 12.9. The standard InChI is InChI=1S/C16H24N2O3.ClH/c1-21-12-16(5-7-17-8-6-16)15(20)18-10-13-3-2-4-14(9-13)11-19;/h2-4,9,17,19H,5-8,10-12H2,1H3,(H,18,20);1H.